The first kappa shape index (κ1) is 20.4. The van der Waals surface area contributed by atoms with Crippen LogP contribution in [0.4, 0.5) is 0 Å². The summed E-state index contributed by atoms with van der Waals surface area (Å²) < 4.78 is 0. The molecule has 0 saturated carbocycles. The fraction of sp³-hybridized carbons (Fsp3) is 0.750. The van der Waals surface area contributed by atoms with Crippen LogP contribution in [0.3, 0.4) is 0 Å². The Hall–Kier alpha value is 3.03. The van der Waals surface area contributed by atoms with Crippen LogP contribution in [0.5, 0.6) is 0 Å². The molecule has 0 unspecified atom stereocenters. The van der Waals surface area contributed by atoms with Crippen molar-refractivity contribution in [1.82, 2.24) is 0 Å². The van der Waals surface area contributed by atoms with Gasteiger partial charge in [0.2, 0.25) is 0 Å². The van der Waals surface area contributed by atoms with Crippen LogP contribution in [0.2, 0.25) is 0 Å². The number of hydrogen-bond donors (Lipinski definition) is 0. The fourth-order valence-corrected chi connectivity index (χ4v) is 0. The first-order valence-electron chi connectivity index (χ1n) is 2.63. The van der Waals surface area contributed by atoms with Crippen LogP contribution in [-0.4, -0.2) is 0 Å². The van der Waals surface area contributed by atoms with Crippen molar-refractivity contribution in [3.05, 3.63) is 6.92 Å². The van der Waals surface area contributed by atoms with Gasteiger partial charge in [0, 0.05) is 0 Å². The van der Waals surface area contributed by atoms with E-state index in [2.05, 4.69) is 13.8 Å². The van der Waals surface area contributed by atoms with E-state index in [9.17, 15) is 0 Å². The van der Waals surface area contributed by atoms with Crippen LogP contribution in [0.1, 0.15) is 19.8 Å². The van der Waals surface area contributed by atoms with E-state index in [1.807, 2.05) is 0 Å². The summed E-state index contributed by atoms with van der Waals surface area (Å²) in [5, 5.41) is 0. The SMILES string of the molecule is [CH2-]CCC.[Cl][W]([Cl])([Cl])([Cl])([Cl])[Cl].[Li+]. The van der Waals surface area contributed by atoms with E-state index in [0.29, 0.717) is 0 Å². The zero-order valence-electron chi connectivity index (χ0n) is 6.80. The van der Waals surface area contributed by atoms with Crippen LogP contribution < -0.4 is 18.9 Å². The van der Waals surface area contributed by atoms with Crippen molar-refractivity contribution in [2.24, 2.45) is 0 Å². The van der Waals surface area contributed by atoms with Gasteiger partial charge in [0.25, 0.3) is 0 Å². The predicted molar refractivity (Wildman–Crippen MR) is 55.4 cm³/mol. The van der Waals surface area contributed by atoms with E-state index in [1.54, 1.807) is 0 Å². The summed E-state index contributed by atoms with van der Waals surface area (Å²) in [5.74, 6) is 0. The third kappa shape index (κ3) is 116. The molecule has 0 aliphatic heterocycles. The van der Waals surface area contributed by atoms with Crippen LogP contribution >= 0.6 is 56.5 Å². The van der Waals surface area contributed by atoms with Gasteiger partial charge in [-0.05, 0) is 0 Å². The molecule has 0 atom stereocenters. The van der Waals surface area contributed by atoms with Crippen molar-refractivity contribution >= 4 is 56.5 Å². The van der Waals surface area contributed by atoms with Gasteiger partial charge in [0.05, 0.1) is 0 Å². The van der Waals surface area contributed by atoms with Crippen LogP contribution in [-0.2, 0) is 7.31 Å². The molecule has 8 heteroatoms. The summed E-state index contributed by atoms with van der Waals surface area (Å²) in [6.45, 7) is 5.72. The van der Waals surface area contributed by atoms with Gasteiger partial charge in [0.1, 0.15) is 0 Å². The Bertz CT molecular complexity index is 97.9. The first-order valence-corrected chi connectivity index (χ1v) is 24.4. The molecule has 0 radical (unpaired) electrons. The molecule has 0 heterocycles. The predicted octanol–water partition coefficient (Wildman–Crippen LogP) is 2.76. The Morgan fingerprint density at radius 1 is 1.00 bits per heavy atom. The molecule has 0 aliphatic rings. The van der Waals surface area contributed by atoms with Gasteiger partial charge in [-0.3, -0.25) is 0 Å². The molecule has 0 rings (SSSR count). The van der Waals surface area contributed by atoms with Gasteiger partial charge in [-0.1, -0.05) is 13.3 Å². The molecule has 0 bridgehead atoms. The second kappa shape index (κ2) is 5.93. The minimum Gasteiger partial charge on any atom is 1.00 e. The number of unbranched alkanes of at least 4 members (excludes halogenated alkanes) is 1. The third-order valence-electron chi connectivity index (χ3n) is 0.354. The van der Waals surface area contributed by atoms with Gasteiger partial charge in [-0.15, -0.1) is 0 Å². The smallest absolute Gasteiger partial charge is 1.00 e. The maximum absolute atomic E-state index is 5.47. The molecule has 0 aromatic heterocycles. The van der Waals surface area contributed by atoms with Crippen LogP contribution in [0, 0.1) is 6.92 Å². The first-order chi connectivity index (χ1) is 4.36. The van der Waals surface area contributed by atoms with Crippen LogP contribution in [0.15, 0.2) is 0 Å². The van der Waals surface area contributed by atoms with Gasteiger partial charge < -0.3 is 6.92 Å². The number of rotatable bonds is 1. The van der Waals surface area contributed by atoms with Crippen molar-refractivity contribution in [3.63, 3.8) is 0 Å². The van der Waals surface area contributed by atoms with Crippen molar-refractivity contribution in [3.8, 4) is 0 Å². The Labute approximate surface area is 108 Å². The van der Waals surface area contributed by atoms with Gasteiger partial charge in [-0.25, -0.2) is 0 Å². The van der Waals surface area contributed by atoms with Gasteiger partial charge in [-0.2, -0.15) is 6.42 Å². The summed E-state index contributed by atoms with van der Waals surface area (Å²) >= 11 is 0. The van der Waals surface area contributed by atoms with E-state index < -0.39 is 7.31 Å². The van der Waals surface area contributed by atoms with E-state index in [1.165, 1.54) is 6.42 Å². The average Bonchev–Trinajstić information content (AvgIpc) is 1.57. The second-order valence-corrected chi connectivity index (χ2v) is 65.3. The summed E-state index contributed by atoms with van der Waals surface area (Å²) in [7, 11) is 24.9. The second-order valence-electron chi connectivity index (χ2n) is 1.73. The Balaban J connectivity index is -0.000000142. The van der Waals surface area contributed by atoms with Gasteiger partial charge in [0.15, 0.2) is 0 Å². The molecule has 74 valence electrons. The van der Waals surface area contributed by atoms with E-state index >= 15 is 0 Å². The largest absolute Gasteiger partial charge is 1.00 e. The molecule has 0 aromatic rings. The van der Waals surface area contributed by atoms with Crippen LogP contribution in [0.25, 0.3) is 0 Å². The number of hydrogen-bond acceptors (Lipinski definition) is 0. The zero-order valence-corrected chi connectivity index (χ0v) is 14.3. The topological polar surface area (TPSA) is 0 Å². The molecule has 0 nitrogen and oxygen atoms in total. The average molecular weight is 461 g/mol. The molecule has 12 heavy (non-hydrogen) atoms. The molecule has 0 aromatic carbocycles. The fourth-order valence-electron chi connectivity index (χ4n) is 0. The Morgan fingerprint density at radius 2 is 1.08 bits per heavy atom. The molecule has 0 amide bonds. The van der Waals surface area contributed by atoms with E-state index in [-0.39, 0.29) is 18.9 Å². The number of halogens is 6. The molecule has 0 spiro atoms. The van der Waals surface area contributed by atoms with E-state index in [0.717, 1.165) is 6.42 Å². The Morgan fingerprint density at radius 3 is 1.08 bits per heavy atom. The summed E-state index contributed by atoms with van der Waals surface area (Å²) in [6, 6.07) is 0. The molecule has 0 saturated heterocycles. The van der Waals surface area contributed by atoms with Crippen molar-refractivity contribution in [1.29, 1.82) is 0 Å². The van der Waals surface area contributed by atoms with Crippen molar-refractivity contribution in [2.45, 2.75) is 19.8 Å². The minimum atomic E-state index is -5.47. The summed E-state index contributed by atoms with van der Waals surface area (Å²) in [6.07, 6.45) is 2.28. The molecule has 0 fully saturated rings. The maximum atomic E-state index is 5.07. The van der Waals surface area contributed by atoms with Gasteiger partial charge >= 0.3 is 82.7 Å². The van der Waals surface area contributed by atoms with E-state index in [4.69, 9.17) is 56.5 Å². The molecular weight excluding hydrogens is 452 g/mol. The molecular formula is C4H9Cl6LiW. The summed E-state index contributed by atoms with van der Waals surface area (Å²) in [4.78, 5) is 0. The monoisotopic (exact) mass is 458 g/mol. The molecule has 0 aliphatic carbocycles. The Kier molecular flexibility index (Phi) is 10.1. The van der Waals surface area contributed by atoms with Crippen molar-refractivity contribution in [2.75, 3.05) is 0 Å². The molecule has 0 N–H and O–H groups in total. The maximum Gasteiger partial charge on any atom is 1.00 e. The third-order valence-corrected chi connectivity index (χ3v) is 0.354. The van der Waals surface area contributed by atoms with Crippen molar-refractivity contribution < 1.29 is 26.2 Å². The quantitative estimate of drug-likeness (QED) is 0.417. The minimum absolute atomic E-state index is 0. The summed E-state index contributed by atoms with van der Waals surface area (Å²) in [5.41, 5.74) is 0. The zero-order chi connectivity index (χ0) is 9.82. The normalized spacial score (nSPS) is 16.0. The standard InChI is InChI=1S/C4H9.6ClH.Li.W/c1-3-4-2;;;;;;;;/h1,3-4H2,2H3;6*1H;;/q-1;;;;;;;+1;+6/p-6.